The Morgan fingerprint density at radius 1 is 1.13 bits per heavy atom. The van der Waals surface area contributed by atoms with E-state index in [0.29, 0.717) is 29.0 Å². The van der Waals surface area contributed by atoms with Gasteiger partial charge in [0.1, 0.15) is 0 Å². The van der Waals surface area contributed by atoms with E-state index >= 15 is 0 Å². The molecule has 2 aromatic rings. The SMILES string of the molecule is CC(=O)Nc1ccc(S(=O)(=O)NCc2nc(N(C)C)nc(N3CCCCC3)n2)c(C)c1. The highest BCUT2D eigenvalue weighted by Crippen LogP contribution is 2.21. The van der Waals surface area contributed by atoms with Crippen LogP contribution in [0.1, 0.15) is 37.6 Å². The molecule has 0 bridgehead atoms. The first kappa shape index (κ1) is 22.9. The number of carbonyl (C=O) groups is 1. The third-order valence-electron chi connectivity index (χ3n) is 4.90. The Hall–Kier alpha value is -2.79. The molecule has 1 aliphatic rings. The summed E-state index contributed by atoms with van der Waals surface area (Å²) in [5.41, 5.74) is 1.07. The van der Waals surface area contributed by atoms with Crippen molar-refractivity contribution in [3.05, 3.63) is 29.6 Å². The molecule has 1 aromatic carbocycles. The van der Waals surface area contributed by atoms with E-state index in [-0.39, 0.29) is 17.3 Å². The molecule has 1 saturated heterocycles. The lowest BCUT2D eigenvalue weighted by atomic mass is 10.1. The fourth-order valence-electron chi connectivity index (χ4n) is 3.38. The van der Waals surface area contributed by atoms with Crippen molar-refractivity contribution < 1.29 is 13.2 Å². The second-order valence-electron chi connectivity index (χ2n) is 7.78. The number of amides is 1. The van der Waals surface area contributed by atoms with E-state index in [1.54, 1.807) is 24.0 Å². The molecule has 11 heteroatoms. The van der Waals surface area contributed by atoms with E-state index in [9.17, 15) is 13.2 Å². The molecule has 0 saturated carbocycles. The molecule has 10 nitrogen and oxygen atoms in total. The average Bonchev–Trinajstić information content (AvgIpc) is 2.72. The van der Waals surface area contributed by atoms with Gasteiger partial charge in [-0.2, -0.15) is 15.0 Å². The minimum absolute atomic E-state index is 0.0561. The predicted octanol–water partition coefficient (Wildman–Crippen LogP) is 1.67. The quantitative estimate of drug-likeness (QED) is 0.658. The van der Waals surface area contributed by atoms with E-state index in [4.69, 9.17) is 0 Å². The van der Waals surface area contributed by atoms with Crippen LogP contribution in [0.15, 0.2) is 23.1 Å². The van der Waals surface area contributed by atoms with E-state index in [0.717, 1.165) is 25.9 Å². The molecule has 0 aliphatic carbocycles. The summed E-state index contributed by atoms with van der Waals surface area (Å²) < 4.78 is 28.3. The molecule has 1 aliphatic heterocycles. The summed E-state index contributed by atoms with van der Waals surface area (Å²) in [5.74, 6) is 1.20. The minimum Gasteiger partial charge on any atom is -0.347 e. The second-order valence-corrected chi connectivity index (χ2v) is 9.52. The highest BCUT2D eigenvalue weighted by molar-refractivity contribution is 7.89. The van der Waals surface area contributed by atoms with Gasteiger partial charge >= 0.3 is 0 Å². The maximum absolute atomic E-state index is 12.9. The number of rotatable bonds is 7. The number of nitrogens with zero attached hydrogens (tertiary/aromatic N) is 5. The zero-order valence-electron chi connectivity index (χ0n) is 18.3. The van der Waals surface area contributed by atoms with Gasteiger partial charge in [-0.3, -0.25) is 4.79 Å². The average molecular weight is 448 g/mol. The van der Waals surface area contributed by atoms with Crippen molar-refractivity contribution in [3.8, 4) is 0 Å². The molecule has 0 spiro atoms. The van der Waals surface area contributed by atoms with Gasteiger partial charge < -0.3 is 15.1 Å². The summed E-state index contributed by atoms with van der Waals surface area (Å²) in [6.07, 6.45) is 3.35. The Balaban J connectivity index is 1.80. The Labute approximate surface area is 183 Å². The monoisotopic (exact) mass is 447 g/mol. The summed E-state index contributed by atoms with van der Waals surface area (Å²) in [4.78, 5) is 28.7. The number of carbonyl (C=O) groups excluding carboxylic acids is 1. The summed E-state index contributed by atoms with van der Waals surface area (Å²) in [7, 11) is -0.122. The molecular formula is C20H29N7O3S. The number of benzene rings is 1. The van der Waals surface area contributed by atoms with Gasteiger partial charge in [0.2, 0.25) is 27.8 Å². The molecule has 0 radical (unpaired) electrons. The number of sulfonamides is 1. The van der Waals surface area contributed by atoms with Gasteiger partial charge in [0.05, 0.1) is 11.4 Å². The summed E-state index contributed by atoms with van der Waals surface area (Å²) >= 11 is 0. The van der Waals surface area contributed by atoms with E-state index in [1.165, 1.54) is 19.4 Å². The van der Waals surface area contributed by atoms with E-state index in [2.05, 4.69) is 29.9 Å². The van der Waals surface area contributed by atoms with Gasteiger partial charge in [0.15, 0.2) is 5.82 Å². The summed E-state index contributed by atoms with van der Waals surface area (Å²) in [5, 5.41) is 2.65. The molecule has 168 valence electrons. The van der Waals surface area contributed by atoms with Gasteiger partial charge in [-0.15, -0.1) is 0 Å². The Kier molecular flexibility index (Phi) is 7.06. The fraction of sp³-hybridized carbons (Fsp3) is 0.500. The zero-order chi connectivity index (χ0) is 22.6. The van der Waals surface area contributed by atoms with Crippen molar-refractivity contribution in [1.29, 1.82) is 0 Å². The Morgan fingerprint density at radius 3 is 2.45 bits per heavy atom. The lowest BCUT2D eigenvalue weighted by Crippen LogP contribution is -2.33. The molecule has 31 heavy (non-hydrogen) atoms. The Morgan fingerprint density at radius 2 is 1.84 bits per heavy atom. The lowest BCUT2D eigenvalue weighted by Gasteiger charge is -2.27. The first-order valence-electron chi connectivity index (χ1n) is 10.2. The number of anilines is 3. The highest BCUT2D eigenvalue weighted by Gasteiger charge is 2.20. The van der Waals surface area contributed by atoms with Gasteiger partial charge in [0.25, 0.3) is 0 Å². The molecule has 1 amide bonds. The van der Waals surface area contributed by atoms with Crippen molar-refractivity contribution in [1.82, 2.24) is 19.7 Å². The van der Waals surface area contributed by atoms with Crippen LogP contribution in [0.3, 0.4) is 0 Å². The van der Waals surface area contributed by atoms with Crippen LogP contribution in [-0.4, -0.2) is 56.5 Å². The van der Waals surface area contributed by atoms with Crippen LogP contribution in [0.2, 0.25) is 0 Å². The standard InChI is InChI=1S/C20H29N7O3S/c1-14-12-16(22-15(2)28)8-9-17(14)31(29,30)21-13-18-23-19(26(3)4)25-20(24-18)27-10-6-5-7-11-27/h8-9,12,21H,5-7,10-11,13H2,1-4H3,(H,22,28). The third-order valence-corrected chi connectivity index (χ3v) is 6.46. The molecule has 0 atom stereocenters. The first-order valence-corrected chi connectivity index (χ1v) is 11.7. The van der Waals surface area contributed by atoms with Crippen molar-refractivity contribution in [2.75, 3.05) is 42.3 Å². The lowest BCUT2D eigenvalue weighted by molar-refractivity contribution is -0.114. The van der Waals surface area contributed by atoms with Crippen LogP contribution in [0.25, 0.3) is 0 Å². The predicted molar refractivity (Wildman–Crippen MR) is 120 cm³/mol. The number of aromatic nitrogens is 3. The summed E-state index contributed by atoms with van der Waals surface area (Å²) in [6, 6.07) is 4.66. The van der Waals surface area contributed by atoms with Crippen molar-refractivity contribution in [2.24, 2.45) is 0 Å². The molecule has 1 aromatic heterocycles. The number of hydrogen-bond acceptors (Lipinski definition) is 8. The molecular weight excluding hydrogens is 418 g/mol. The van der Waals surface area contributed by atoms with Crippen LogP contribution in [-0.2, 0) is 21.4 Å². The van der Waals surface area contributed by atoms with Crippen molar-refractivity contribution in [2.45, 2.75) is 44.6 Å². The third kappa shape index (κ3) is 5.88. The molecule has 2 N–H and O–H groups in total. The topological polar surface area (TPSA) is 120 Å². The van der Waals surface area contributed by atoms with E-state index in [1.807, 2.05) is 14.1 Å². The van der Waals surface area contributed by atoms with Gasteiger partial charge in [-0.1, -0.05) is 0 Å². The molecule has 0 unspecified atom stereocenters. The van der Waals surface area contributed by atoms with Gasteiger partial charge in [-0.05, 0) is 49.9 Å². The maximum Gasteiger partial charge on any atom is 0.241 e. The van der Waals surface area contributed by atoms with Gasteiger partial charge in [0, 0.05) is 39.8 Å². The zero-order valence-corrected chi connectivity index (χ0v) is 19.2. The Bertz CT molecular complexity index is 1050. The molecule has 3 rings (SSSR count). The van der Waals surface area contributed by atoms with Crippen LogP contribution < -0.4 is 19.8 Å². The van der Waals surface area contributed by atoms with E-state index < -0.39 is 10.0 Å². The number of nitrogens with one attached hydrogen (secondary N) is 2. The van der Waals surface area contributed by atoms with Gasteiger partial charge in [-0.25, -0.2) is 13.1 Å². The highest BCUT2D eigenvalue weighted by atomic mass is 32.2. The normalized spacial score (nSPS) is 14.4. The van der Waals surface area contributed by atoms with Crippen LogP contribution in [0.5, 0.6) is 0 Å². The van der Waals surface area contributed by atoms with Crippen LogP contribution >= 0.6 is 0 Å². The summed E-state index contributed by atoms with van der Waals surface area (Å²) in [6.45, 7) is 4.78. The smallest absolute Gasteiger partial charge is 0.241 e. The van der Waals surface area contributed by atoms with Crippen molar-refractivity contribution in [3.63, 3.8) is 0 Å². The number of piperidine rings is 1. The van der Waals surface area contributed by atoms with Crippen LogP contribution in [0.4, 0.5) is 17.6 Å². The number of aryl methyl sites for hydroxylation is 1. The van der Waals surface area contributed by atoms with Crippen LogP contribution in [0, 0.1) is 6.92 Å². The maximum atomic E-state index is 12.9. The minimum atomic E-state index is -3.80. The number of hydrogen-bond donors (Lipinski definition) is 2. The van der Waals surface area contributed by atoms with Crippen molar-refractivity contribution >= 4 is 33.5 Å². The largest absolute Gasteiger partial charge is 0.347 e. The second kappa shape index (κ2) is 9.56. The first-order chi connectivity index (χ1) is 14.7. The fourth-order valence-corrected chi connectivity index (χ4v) is 4.58. The molecule has 1 fully saturated rings. The molecule has 2 heterocycles.